The molecule has 0 unspecified atom stereocenters. The fraction of sp³-hybridized carbons (Fsp3) is 0.227. The largest absolute Gasteiger partial charge is 0.493 e. The van der Waals surface area contributed by atoms with E-state index in [0.29, 0.717) is 22.9 Å². The number of sulfonamides is 1. The van der Waals surface area contributed by atoms with Crippen LogP contribution in [0, 0.1) is 0 Å². The number of carbonyl (C=O) groups is 1. The Morgan fingerprint density at radius 3 is 2.16 bits per heavy atom. The van der Waals surface area contributed by atoms with Gasteiger partial charge in [-0.2, -0.15) is 4.72 Å². The second-order valence-electron chi connectivity index (χ2n) is 6.70. The standard InChI is InChI=1S/C22H24N2O6S2/c1-28-18-13-16(14-19(29-2)21(18)30-3)23-22(25)17(12-15-8-5-4-6-9-15)24-32(26,27)20-10-7-11-31-20/h4-11,13-14,17,24H,12H2,1-3H3,(H,23,25)/t17-/m1/s1. The van der Waals surface area contributed by atoms with Gasteiger partial charge in [0.1, 0.15) is 10.3 Å². The van der Waals surface area contributed by atoms with E-state index in [9.17, 15) is 13.2 Å². The summed E-state index contributed by atoms with van der Waals surface area (Å²) in [5.41, 5.74) is 1.18. The minimum atomic E-state index is -3.87. The van der Waals surface area contributed by atoms with E-state index in [4.69, 9.17) is 14.2 Å². The first-order valence-corrected chi connectivity index (χ1v) is 11.9. The maximum absolute atomic E-state index is 13.2. The van der Waals surface area contributed by atoms with Gasteiger partial charge in [-0.3, -0.25) is 4.79 Å². The Balaban J connectivity index is 1.90. The molecule has 0 spiro atoms. The number of carbonyl (C=O) groups excluding carboxylic acids is 1. The van der Waals surface area contributed by atoms with Gasteiger partial charge in [-0.15, -0.1) is 11.3 Å². The molecule has 0 aliphatic heterocycles. The van der Waals surface area contributed by atoms with Crippen molar-refractivity contribution in [1.82, 2.24) is 4.72 Å². The topological polar surface area (TPSA) is 103 Å². The lowest BCUT2D eigenvalue weighted by Crippen LogP contribution is -2.45. The second-order valence-corrected chi connectivity index (χ2v) is 9.59. The summed E-state index contributed by atoms with van der Waals surface area (Å²) in [6, 6.07) is 14.4. The number of hydrogen-bond donors (Lipinski definition) is 2. The summed E-state index contributed by atoms with van der Waals surface area (Å²) in [5.74, 6) is 0.581. The first-order chi connectivity index (χ1) is 15.4. The zero-order valence-electron chi connectivity index (χ0n) is 17.8. The van der Waals surface area contributed by atoms with Gasteiger partial charge < -0.3 is 19.5 Å². The fourth-order valence-electron chi connectivity index (χ4n) is 3.08. The van der Waals surface area contributed by atoms with Crippen LogP contribution in [-0.4, -0.2) is 41.7 Å². The Labute approximate surface area is 191 Å². The molecule has 0 saturated carbocycles. The minimum Gasteiger partial charge on any atom is -0.493 e. The van der Waals surface area contributed by atoms with E-state index in [-0.39, 0.29) is 10.6 Å². The van der Waals surface area contributed by atoms with Crippen molar-refractivity contribution in [2.45, 2.75) is 16.7 Å². The Morgan fingerprint density at radius 1 is 0.969 bits per heavy atom. The van der Waals surface area contributed by atoms with Crippen molar-refractivity contribution < 1.29 is 27.4 Å². The SMILES string of the molecule is COc1cc(NC(=O)[C@@H](Cc2ccccc2)NS(=O)(=O)c2cccs2)cc(OC)c1OC. The van der Waals surface area contributed by atoms with E-state index in [1.54, 1.807) is 23.6 Å². The highest BCUT2D eigenvalue weighted by Crippen LogP contribution is 2.40. The van der Waals surface area contributed by atoms with Crippen LogP contribution in [0.1, 0.15) is 5.56 Å². The molecule has 2 N–H and O–H groups in total. The quantitative estimate of drug-likeness (QED) is 0.465. The molecule has 0 fully saturated rings. The number of benzene rings is 2. The van der Waals surface area contributed by atoms with Crippen LogP contribution in [0.2, 0.25) is 0 Å². The summed E-state index contributed by atoms with van der Waals surface area (Å²) in [6.45, 7) is 0. The molecule has 2 aromatic carbocycles. The molecule has 1 aromatic heterocycles. The smallest absolute Gasteiger partial charge is 0.250 e. The molecule has 0 aliphatic carbocycles. The molecule has 10 heteroatoms. The highest BCUT2D eigenvalue weighted by atomic mass is 32.2. The normalized spacial score (nSPS) is 12.1. The van der Waals surface area contributed by atoms with Gasteiger partial charge >= 0.3 is 0 Å². The molecular formula is C22H24N2O6S2. The molecule has 0 radical (unpaired) electrons. The van der Waals surface area contributed by atoms with Gasteiger partial charge in [-0.1, -0.05) is 36.4 Å². The number of rotatable bonds is 10. The van der Waals surface area contributed by atoms with E-state index in [1.165, 1.54) is 27.4 Å². The van der Waals surface area contributed by atoms with E-state index >= 15 is 0 Å². The lowest BCUT2D eigenvalue weighted by Gasteiger charge is -2.19. The highest BCUT2D eigenvalue weighted by Gasteiger charge is 2.27. The van der Waals surface area contributed by atoms with Crippen LogP contribution in [0.3, 0.4) is 0 Å². The van der Waals surface area contributed by atoms with Crippen LogP contribution in [0.4, 0.5) is 5.69 Å². The number of amides is 1. The zero-order chi connectivity index (χ0) is 23.1. The summed E-state index contributed by atoms with van der Waals surface area (Å²) in [5, 5.41) is 4.42. The molecule has 3 aromatic rings. The summed E-state index contributed by atoms with van der Waals surface area (Å²) in [7, 11) is 0.545. The molecule has 1 heterocycles. The van der Waals surface area contributed by atoms with Crippen molar-refractivity contribution in [1.29, 1.82) is 0 Å². The fourth-order valence-corrected chi connectivity index (χ4v) is 5.29. The van der Waals surface area contributed by atoms with Crippen molar-refractivity contribution >= 4 is 33.0 Å². The molecule has 1 amide bonds. The zero-order valence-corrected chi connectivity index (χ0v) is 19.5. The van der Waals surface area contributed by atoms with Gasteiger partial charge in [-0.25, -0.2) is 8.42 Å². The van der Waals surface area contributed by atoms with Crippen molar-refractivity contribution in [2.75, 3.05) is 26.6 Å². The summed E-state index contributed by atoms with van der Waals surface area (Å²) < 4.78 is 44.2. The number of thiophene rings is 1. The van der Waals surface area contributed by atoms with E-state index in [1.807, 2.05) is 30.3 Å². The summed E-state index contributed by atoms with van der Waals surface area (Å²) in [6.07, 6.45) is 0.168. The Morgan fingerprint density at radius 2 is 1.62 bits per heavy atom. The molecule has 8 nitrogen and oxygen atoms in total. The molecule has 32 heavy (non-hydrogen) atoms. The molecule has 3 rings (SSSR count). The predicted octanol–water partition coefficient (Wildman–Crippen LogP) is 3.30. The Kier molecular flexibility index (Phi) is 7.73. The van der Waals surface area contributed by atoms with Gasteiger partial charge in [0.05, 0.1) is 21.3 Å². The van der Waals surface area contributed by atoms with Crippen molar-refractivity contribution in [3.8, 4) is 17.2 Å². The second kappa shape index (κ2) is 10.5. The monoisotopic (exact) mass is 476 g/mol. The van der Waals surface area contributed by atoms with Crippen LogP contribution in [0.5, 0.6) is 17.2 Å². The Hall–Kier alpha value is -3.08. The van der Waals surface area contributed by atoms with Gasteiger partial charge in [-0.05, 0) is 23.4 Å². The van der Waals surface area contributed by atoms with Crippen LogP contribution in [0.15, 0.2) is 64.2 Å². The molecule has 170 valence electrons. The molecule has 0 saturated heterocycles. The van der Waals surface area contributed by atoms with Crippen LogP contribution < -0.4 is 24.2 Å². The maximum Gasteiger partial charge on any atom is 0.250 e. The third kappa shape index (κ3) is 5.58. The number of hydrogen-bond acceptors (Lipinski definition) is 7. The first-order valence-electron chi connectivity index (χ1n) is 9.58. The van der Waals surface area contributed by atoms with E-state index < -0.39 is 22.0 Å². The lowest BCUT2D eigenvalue weighted by molar-refractivity contribution is -0.117. The van der Waals surface area contributed by atoms with Gasteiger partial charge in [0.15, 0.2) is 11.5 Å². The van der Waals surface area contributed by atoms with Gasteiger partial charge in [0, 0.05) is 17.8 Å². The van der Waals surface area contributed by atoms with Crippen LogP contribution >= 0.6 is 11.3 Å². The van der Waals surface area contributed by atoms with Gasteiger partial charge in [0.2, 0.25) is 11.7 Å². The average Bonchev–Trinajstić information content (AvgIpc) is 3.34. The van der Waals surface area contributed by atoms with Crippen LogP contribution in [-0.2, 0) is 21.2 Å². The average molecular weight is 477 g/mol. The van der Waals surface area contributed by atoms with Crippen molar-refractivity contribution in [3.05, 3.63) is 65.5 Å². The molecule has 0 aliphatic rings. The summed E-state index contributed by atoms with van der Waals surface area (Å²) >= 11 is 1.08. The molecule has 1 atom stereocenters. The first kappa shape index (κ1) is 23.6. The number of ether oxygens (including phenoxy) is 3. The van der Waals surface area contributed by atoms with Crippen LogP contribution in [0.25, 0.3) is 0 Å². The van der Waals surface area contributed by atoms with E-state index in [2.05, 4.69) is 10.0 Å². The summed E-state index contributed by atoms with van der Waals surface area (Å²) in [4.78, 5) is 13.2. The van der Waals surface area contributed by atoms with Crippen molar-refractivity contribution in [2.24, 2.45) is 0 Å². The molecule has 0 bridgehead atoms. The van der Waals surface area contributed by atoms with Gasteiger partial charge in [0.25, 0.3) is 10.0 Å². The molecular weight excluding hydrogens is 452 g/mol. The Bertz CT molecular complexity index is 1120. The highest BCUT2D eigenvalue weighted by molar-refractivity contribution is 7.91. The number of methoxy groups -OCH3 is 3. The predicted molar refractivity (Wildman–Crippen MR) is 123 cm³/mol. The van der Waals surface area contributed by atoms with Crippen molar-refractivity contribution in [3.63, 3.8) is 0 Å². The maximum atomic E-state index is 13.2. The number of nitrogens with one attached hydrogen (secondary N) is 2. The lowest BCUT2D eigenvalue weighted by atomic mass is 10.1. The third-order valence-corrected chi connectivity index (χ3v) is 7.46. The third-order valence-electron chi connectivity index (χ3n) is 4.59. The number of anilines is 1. The minimum absolute atomic E-state index is 0.135. The van der Waals surface area contributed by atoms with E-state index in [0.717, 1.165) is 16.9 Å².